The van der Waals surface area contributed by atoms with Crippen molar-refractivity contribution in [1.82, 2.24) is 4.98 Å². The van der Waals surface area contributed by atoms with E-state index in [1.807, 2.05) is 0 Å². The molecule has 0 bridgehead atoms. The highest BCUT2D eigenvalue weighted by molar-refractivity contribution is 14.1. The highest BCUT2D eigenvalue weighted by Gasteiger charge is 2.15. The number of fused-ring (bicyclic) bond motifs is 1. The molecule has 0 atom stereocenters. The summed E-state index contributed by atoms with van der Waals surface area (Å²) in [5.41, 5.74) is 10.8. The molecule has 0 spiro atoms. The first-order valence-electron chi connectivity index (χ1n) is 7.46. The van der Waals surface area contributed by atoms with Crippen molar-refractivity contribution in [3.05, 3.63) is 56.1 Å². The summed E-state index contributed by atoms with van der Waals surface area (Å²) in [5, 5.41) is 1.31. The normalized spacial score (nSPS) is 11.2. The van der Waals surface area contributed by atoms with E-state index in [9.17, 15) is 0 Å². The first kappa shape index (κ1) is 16.0. The van der Waals surface area contributed by atoms with Gasteiger partial charge in [-0.15, -0.1) is 0 Å². The summed E-state index contributed by atoms with van der Waals surface area (Å²) in [6.45, 7) is 0.754. The lowest BCUT2D eigenvalue weighted by Gasteiger charge is -2.07. The van der Waals surface area contributed by atoms with E-state index in [2.05, 4.69) is 86.0 Å². The standard InChI is InChI=1S/C18H18BrIN2/c19-15-9-5-8-13-12(6-3-4-11-21)17(22-18(13)15)14-7-1-2-10-16(14)20/h1-2,5,7-10,22H,3-4,6,11,21H2. The number of aromatic amines is 1. The Bertz CT molecular complexity index is 795. The molecule has 4 heteroatoms. The molecule has 0 saturated heterocycles. The monoisotopic (exact) mass is 468 g/mol. The SMILES string of the molecule is NCCCCc1c(-c2ccccc2I)[nH]c2c(Br)cccc12. The van der Waals surface area contributed by atoms with Gasteiger partial charge in [0, 0.05) is 19.0 Å². The molecular formula is C18H18BrIN2. The van der Waals surface area contributed by atoms with Gasteiger partial charge in [0.2, 0.25) is 0 Å². The molecule has 22 heavy (non-hydrogen) atoms. The average molecular weight is 469 g/mol. The molecule has 0 aliphatic rings. The Hall–Kier alpha value is -0.850. The lowest BCUT2D eigenvalue weighted by atomic mass is 10.0. The molecule has 0 aliphatic carbocycles. The van der Waals surface area contributed by atoms with Gasteiger partial charge in [0.1, 0.15) is 0 Å². The molecule has 0 fully saturated rings. The van der Waals surface area contributed by atoms with Gasteiger partial charge in [0.15, 0.2) is 0 Å². The van der Waals surface area contributed by atoms with Crippen LogP contribution in [0, 0.1) is 3.57 Å². The lowest BCUT2D eigenvalue weighted by Crippen LogP contribution is -1.99. The number of hydrogen-bond acceptors (Lipinski definition) is 1. The minimum Gasteiger partial charge on any atom is -0.353 e. The number of aryl methyl sites for hydroxylation is 1. The van der Waals surface area contributed by atoms with Crippen LogP contribution in [0.3, 0.4) is 0 Å². The number of para-hydroxylation sites is 1. The van der Waals surface area contributed by atoms with Crippen molar-refractivity contribution in [3.63, 3.8) is 0 Å². The number of H-pyrrole nitrogens is 1. The average Bonchev–Trinajstić information content (AvgIpc) is 2.88. The van der Waals surface area contributed by atoms with E-state index in [0.29, 0.717) is 0 Å². The largest absolute Gasteiger partial charge is 0.353 e. The van der Waals surface area contributed by atoms with Crippen LogP contribution in [0.25, 0.3) is 22.2 Å². The summed E-state index contributed by atoms with van der Waals surface area (Å²) in [7, 11) is 0. The predicted molar refractivity (Wildman–Crippen MR) is 106 cm³/mol. The number of benzene rings is 2. The van der Waals surface area contributed by atoms with E-state index >= 15 is 0 Å². The molecular weight excluding hydrogens is 451 g/mol. The number of halogens is 2. The van der Waals surface area contributed by atoms with Crippen LogP contribution in [0.2, 0.25) is 0 Å². The van der Waals surface area contributed by atoms with Crippen LogP contribution in [0.1, 0.15) is 18.4 Å². The minimum atomic E-state index is 0.754. The van der Waals surface area contributed by atoms with Crippen molar-refractivity contribution in [1.29, 1.82) is 0 Å². The molecule has 0 amide bonds. The zero-order chi connectivity index (χ0) is 15.5. The number of nitrogens with one attached hydrogen (secondary N) is 1. The second-order valence-electron chi connectivity index (χ2n) is 5.37. The van der Waals surface area contributed by atoms with Gasteiger partial charge in [0.25, 0.3) is 0 Å². The first-order valence-corrected chi connectivity index (χ1v) is 9.33. The van der Waals surface area contributed by atoms with Crippen molar-refractivity contribution in [3.8, 4) is 11.3 Å². The molecule has 0 radical (unpaired) electrons. The number of nitrogens with two attached hydrogens (primary N) is 1. The fourth-order valence-corrected chi connectivity index (χ4v) is 3.96. The summed E-state index contributed by atoms with van der Waals surface area (Å²) in [5.74, 6) is 0. The van der Waals surface area contributed by atoms with Crippen molar-refractivity contribution in [2.45, 2.75) is 19.3 Å². The van der Waals surface area contributed by atoms with E-state index in [-0.39, 0.29) is 0 Å². The Morgan fingerprint density at radius 3 is 2.64 bits per heavy atom. The molecule has 2 nitrogen and oxygen atoms in total. The summed E-state index contributed by atoms with van der Waals surface area (Å²) in [4.78, 5) is 3.63. The van der Waals surface area contributed by atoms with E-state index in [0.717, 1.165) is 30.3 Å². The third kappa shape index (κ3) is 3.09. The molecule has 3 rings (SSSR count). The Kier molecular flexibility index (Phi) is 5.21. The highest BCUT2D eigenvalue weighted by atomic mass is 127. The van der Waals surface area contributed by atoms with Gasteiger partial charge in [-0.2, -0.15) is 0 Å². The van der Waals surface area contributed by atoms with E-state index in [4.69, 9.17) is 5.73 Å². The topological polar surface area (TPSA) is 41.8 Å². The Labute approximate surface area is 152 Å². The van der Waals surface area contributed by atoms with Crippen LogP contribution in [-0.4, -0.2) is 11.5 Å². The fraction of sp³-hybridized carbons (Fsp3) is 0.222. The number of hydrogen-bond donors (Lipinski definition) is 2. The first-order chi connectivity index (χ1) is 10.7. The van der Waals surface area contributed by atoms with Crippen LogP contribution >= 0.6 is 38.5 Å². The molecule has 114 valence electrons. The number of rotatable bonds is 5. The smallest absolute Gasteiger partial charge is 0.0606 e. The Morgan fingerprint density at radius 2 is 1.86 bits per heavy atom. The van der Waals surface area contributed by atoms with Gasteiger partial charge in [-0.3, -0.25) is 0 Å². The third-order valence-electron chi connectivity index (χ3n) is 3.91. The van der Waals surface area contributed by atoms with Crippen LogP contribution < -0.4 is 5.73 Å². The van der Waals surface area contributed by atoms with Crippen LogP contribution in [0.15, 0.2) is 46.9 Å². The molecule has 2 aromatic carbocycles. The van der Waals surface area contributed by atoms with E-state index in [1.54, 1.807) is 0 Å². The maximum Gasteiger partial charge on any atom is 0.0606 e. The van der Waals surface area contributed by atoms with Gasteiger partial charge in [-0.05, 0) is 82.0 Å². The van der Waals surface area contributed by atoms with Crippen LogP contribution in [-0.2, 0) is 6.42 Å². The van der Waals surface area contributed by atoms with Crippen molar-refractivity contribution in [2.75, 3.05) is 6.54 Å². The van der Waals surface area contributed by atoms with Crippen molar-refractivity contribution >= 4 is 49.4 Å². The van der Waals surface area contributed by atoms with Crippen molar-refractivity contribution < 1.29 is 0 Å². The van der Waals surface area contributed by atoms with E-state index < -0.39 is 0 Å². The summed E-state index contributed by atoms with van der Waals surface area (Å²) in [6, 6.07) is 14.9. The summed E-state index contributed by atoms with van der Waals surface area (Å²) in [6.07, 6.45) is 3.23. The Balaban J connectivity index is 2.17. The maximum absolute atomic E-state index is 5.66. The number of unbranched alkanes of at least 4 members (excludes halogenated alkanes) is 1. The molecule has 1 aromatic heterocycles. The van der Waals surface area contributed by atoms with Crippen LogP contribution in [0.5, 0.6) is 0 Å². The quantitative estimate of drug-likeness (QED) is 0.377. The zero-order valence-corrected chi connectivity index (χ0v) is 15.9. The maximum atomic E-state index is 5.66. The molecule has 0 saturated carbocycles. The molecule has 0 aliphatic heterocycles. The highest BCUT2D eigenvalue weighted by Crippen LogP contribution is 2.36. The van der Waals surface area contributed by atoms with Crippen molar-refractivity contribution in [2.24, 2.45) is 5.73 Å². The fourth-order valence-electron chi connectivity index (χ4n) is 2.84. The third-order valence-corrected chi connectivity index (χ3v) is 5.52. The van der Waals surface area contributed by atoms with Gasteiger partial charge in [-0.1, -0.05) is 30.3 Å². The predicted octanol–water partition coefficient (Wildman–Crippen LogP) is 5.48. The molecule has 1 heterocycles. The Morgan fingerprint density at radius 1 is 1.05 bits per heavy atom. The number of aromatic nitrogens is 1. The minimum absolute atomic E-state index is 0.754. The van der Waals surface area contributed by atoms with Crippen LogP contribution in [0.4, 0.5) is 0 Å². The van der Waals surface area contributed by atoms with Gasteiger partial charge in [0.05, 0.1) is 11.2 Å². The molecule has 3 aromatic rings. The molecule has 3 N–H and O–H groups in total. The van der Waals surface area contributed by atoms with E-state index in [1.165, 1.54) is 31.3 Å². The van der Waals surface area contributed by atoms with Gasteiger partial charge >= 0.3 is 0 Å². The molecule has 0 unspecified atom stereocenters. The van der Waals surface area contributed by atoms with Gasteiger partial charge < -0.3 is 10.7 Å². The summed E-state index contributed by atoms with van der Waals surface area (Å²) >= 11 is 6.07. The zero-order valence-electron chi connectivity index (χ0n) is 12.2. The lowest BCUT2D eigenvalue weighted by molar-refractivity contribution is 0.748. The second-order valence-corrected chi connectivity index (χ2v) is 7.38. The summed E-state index contributed by atoms with van der Waals surface area (Å²) < 4.78 is 2.38. The van der Waals surface area contributed by atoms with Gasteiger partial charge in [-0.25, -0.2) is 0 Å². The second kappa shape index (κ2) is 7.15.